The second kappa shape index (κ2) is 7.23. The van der Waals surface area contributed by atoms with Gasteiger partial charge in [0.05, 0.1) is 0 Å². The Morgan fingerprint density at radius 2 is 2.05 bits per heavy atom. The van der Waals surface area contributed by atoms with Gasteiger partial charge in [-0.25, -0.2) is 0 Å². The summed E-state index contributed by atoms with van der Waals surface area (Å²) in [7, 11) is 2.07. The lowest BCUT2D eigenvalue weighted by Crippen LogP contribution is -2.50. The van der Waals surface area contributed by atoms with E-state index >= 15 is 0 Å². The van der Waals surface area contributed by atoms with Crippen LogP contribution in [0.1, 0.15) is 30.9 Å². The average molecular weight is 352 g/mol. The maximum absolute atomic E-state index is 3.51. The number of hydrogen-bond donors (Lipinski definition) is 1. The first-order chi connectivity index (χ1) is 10.3. The van der Waals surface area contributed by atoms with Gasteiger partial charge in [0.2, 0.25) is 0 Å². The predicted molar refractivity (Wildman–Crippen MR) is 91.6 cm³/mol. The van der Waals surface area contributed by atoms with Crippen LogP contribution in [0.3, 0.4) is 0 Å². The fraction of sp³-hybridized carbons (Fsp3) is 0.647. The molecule has 1 N–H and O–H groups in total. The highest BCUT2D eigenvalue weighted by Crippen LogP contribution is 2.23. The molecule has 2 heterocycles. The van der Waals surface area contributed by atoms with Gasteiger partial charge >= 0.3 is 0 Å². The highest BCUT2D eigenvalue weighted by Gasteiger charge is 2.30. The maximum atomic E-state index is 3.51. The Labute approximate surface area is 136 Å². The van der Waals surface area contributed by atoms with Crippen molar-refractivity contribution in [2.24, 2.45) is 0 Å². The monoisotopic (exact) mass is 351 g/mol. The molecule has 2 fully saturated rings. The second-order valence-corrected chi connectivity index (χ2v) is 7.23. The van der Waals surface area contributed by atoms with E-state index in [0.717, 1.165) is 10.5 Å². The number of benzene rings is 1. The SMILES string of the molecule is CNC(CCN1CCN2CCCC2C1)c1ccc(Br)cc1. The predicted octanol–water partition coefficient (Wildman–Crippen LogP) is 2.88. The van der Waals surface area contributed by atoms with Crippen molar-refractivity contribution in [3.63, 3.8) is 0 Å². The first kappa shape index (κ1) is 15.5. The van der Waals surface area contributed by atoms with Crippen molar-refractivity contribution >= 4 is 15.9 Å². The summed E-state index contributed by atoms with van der Waals surface area (Å²) in [6.07, 6.45) is 3.99. The molecule has 0 spiro atoms. The van der Waals surface area contributed by atoms with E-state index in [9.17, 15) is 0 Å². The molecule has 0 bridgehead atoms. The van der Waals surface area contributed by atoms with E-state index in [4.69, 9.17) is 0 Å². The molecule has 21 heavy (non-hydrogen) atoms. The highest BCUT2D eigenvalue weighted by molar-refractivity contribution is 9.10. The molecule has 2 aliphatic rings. The standard InChI is InChI=1S/C17H26BrN3/c1-19-17(14-4-6-15(18)7-5-14)8-10-20-11-12-21-9-2-3-16(21)13-20/h4-7,16-17,19H,2-3,8-13H2,1H3. The van der Waals surface area contributed by atoms with Crippen LogP contribution in [0, 0.1) is 0 Å². The zero-order valence-corrected chi connectivity index (χ0v) is 14.5. The Morgan fingerprint density at radius 3 is 2.81 bits per heavy atom. The minimum atomic E-state index is 0.458. The number of fused-ring (bicyclic) bond motifs is 1. The van der Waals surface area contributed by atoms with Gasteiger partial charge in [-0.3, -0.25) is 4.90 Å². The fourth-order valence-electron chi connectivity index (χ4n) is 3.74. The molecule has 0 radical (unpaired) electrons. The number of hydrogen-bond acceptors (Lipinski definition) is 3. The first-order valence-electron chi connectivity index (χ1n) is 8.15. The van der Waals surface area contributed by atoms with E-state index in [1.807, 2.05) is 0 Å². The third-order valence-electron chi connectivity index (χ3n) is 5.03. The van der Waals surface area contributed by atoms with E-state index in [0.29, 0.717) is 6.04 Å². The molecule has 2 saturated heterocycles. The summed E-state index contributed by atoms with van der Waals surface area (Å²) in [6.45, 7) is 6.32. The van der Waals surface area contributed by atoms with Gasteiger partial charge in [0.1, 0.15) is 0 Å². The quantitative estimate of drug-likeness (QED) is 0.879. The molecule has 116 valence electrons. The average Bonchev–Trinajstić information content (AvgIpc) is 2.97. The molecule has 1 aromatic carbocycles. The molecule has 2 aliphatic heterocycles. The Kier molecular flexibility index (Phi) is 5.33. The zero-order valence-electron chi connectivity index (χ0n) is 12.9. The summed E-state index contributed by atoms with van der Waals surface area (Å²) < 4.78 is 1.15. The van der Waals surface area contributed by atoms with Crippen LogP contribution in [-0.2, 0) is 0 Å². The van der Waals surface area contributed by atoms with E-state index in [1.54, 1.807) is 0 Å². The summed E-state index contributed by atoms with van der Waals surface area (Å²) in [4.78, 5) is 5.34. The van der Waals surface area contributed by atoms with Crippen LogP contribution in [0.25, 0.3) is 0 Å². The normalized spacial score (nSPS) is 25.0. The van der Waals surface area contributed by atoms with Crippen LogP contribution >= 0.6 is 15.9 Å². The van der Waals surface area contributed by atoms with Gasteiger partial charge in [-0.15, -0.1) is 0 Å². The zero-order chi connectivity index (χ0) is 14.7. The number of nitrogens with one attached hydrogen (secondary N) is 1. The van der Waals surface area contributed by atoms with Gasteiger partial charge in [-0.05, 0) is 50.6 Å². The lowest BCUT2D eigenvalue weighted by atomic mass is 10.0. The molecule has 0 aliphatic carbocycles. The van der Waals surface area contributed by atoms with Crippen LogP contribution in [-0.4, -0.2) is 55.6 Å². The summed E-state index contributed by atoms with van der Waals surface area (Å²) >= 11 is 3.51. The molecule has 0 aromatic heterocycles. The van der Waals surface area contributed by atoms with Crippen LogP contribution < -0.4 is 5.32 Å². The molecule has 3 rings (SSSR count). The second-order valence-electron chi connectivity index (χ2n) is 6.31. The molecular weight excluding hydrogens is 326 g/mol. The minimum Gasteiger partial charge on any atom is -0.313 e. The molecule has 3 nitrogen and oxygen atoms in total. The Morgan fingerprint density at radius 1 is 1.24 bits per heavy atom. The van der Waals surface area contributed by atoms with Crippen molar-refractivity contribution < 1.29 is 0 Å². The van der Waals surface area contributed by atoms with Crippen LogP contribution in [0.2, 0.25) is 0 Å². The molecule has 2 unspecified atom stereocenters. The Bertz CT molecular complexity index is 448. The molecule has 2 atom stereocenters. The topological polar surface area (TPSA) is 18.5 Å². The van der Waals surface area contributed by atoms with Crippen molar-refractivity contribution in [2.45, 2.75) is 31.3 Å². The lowest BCUT2D eigenvalue weighted by Gasteiger charge is -2.38. The van der Waals surface area contributed by atoms with E-state index in [2.05, 4.69) is 62.4 Å². The van der Waals surface area contributed by atoms with Crippen molar-refractivity contribution in [1.82, 2.24) is 15.1 Å². The van der Waals surface area contributed by atoms with Gasteiger partial charge in [0.15, 0.2) is 0 Å². The Hall–Kier alpha value is -0.420. The van der Waals surface area contributed by atoms with Gasteiger partial charge in [-0.2, -0.15) is 0 Å². The summed E-state index contributed by atoms with van der Waals surface area (Å²) in [5.41, 5.74) is 1.39. The Balaban J connectivity index is 1.52. The third-order valence-corrected chi connectivity index (χ3v) is 5.55. The van der Waals surface area contributed by atoms with Crippen LogP contribution in [0.15, 0.2) is 28.7 Å². The summed E-state index contributed by atoms with van der Waals surface area (Å²) in [5.74, 6) is 0. The molecule has 4 heteroatoms. The fourth-order valence-corrected chi connectivity index (χ4v) is 4.01. The third kappa shape index (κ3) is 3.86. The molecule has 0 amide bonds. The minimum absolute atomic E-state index is 0.458. The van der Waals surface area contributed by atoms with Gasteiger partial charge in [-0.1, -0.05) is 28.1 Å². The van der Waals surface area contributed by atoms with Crippen molar-refractivity contribution in [2.75, 3.05) is 39.8 Å². The smallest absolute Gasteiger partial charge is 0.0329 e. The van der Waals surface area contributed by atoms with Gasteiger partial charge < -0.3 is 10.2 Å². The highest BCUT2D eigenvalue weighted by atomic mass is 79.9. The summed E-state index contributed by atoms with van der Waals surface area (Å²) in [6, 6.07) is 10.0. The number of piperazine rings is 1. The van der Waals surface area contributed by atoms with E-state index in [1.165, 1.54) is 57.5 Å². The van der Waals surface area contributed by atoms with Crippen LogP contribution in [0.4, 0.5) is 0 Å². The first-order valence-corrected chi connectivity index (χ1v) is 8.94. The molecule has 0 saturated carbocycles. The molecular formula is C17H26BrN3. The van der Waals surface area contributed by atoms with E-state index < -0.39 is 0 Å². The maximum Gasteiger partial charge on any atom is 0.0329 e. The number of rotatable bonds is 5. The summed E-state index contributed by atoms with van der Waals surface area (Å²) in [5, 5.41) is 3.47. The largest absolute Gasteiger partial charge is 0.313 e. The number of nitrogens with zero attached hydrogens (tertiary/aromatic N) is 2. The van der Waals surface area contributed by atoms with Gasteiger partial charge in [0, 0.05) is 42.7 Å². The van der Waals surface area contributed by atoms with E-state index in [-0.39, 0.29) is 0 Å². The van der Waals surface area contributed by atoms with Crippen molar-refractivity contribution in [3.8, 4) is 0 Å². The van der Waals surface area contributed by atoms with Crippen molar-refractivity contribution in [1.29, 1.82) is 0 Å². The number of halogens is 1. The van der Waals surface area contributed by atoms with Crippen molar-refractivity contribution in [3.05, 3.63) is 34.3 Å². The molecule has 1 aromatic rings. The lowest BCUT2D eigenvalue weighted by molar-refractivity contribution is 0.101. The van der Waals surface area contributed by atoms with Gasteiger partial charge in [0.25, 0.3) is 0 Å². The van der Waals surface area contributed by atoms with Crippen LogP contribution in [0.5, 0.6) is 0 Å².